The van der Waals surface area contributed by atoms with Gasteiger partial charge in [0.05, 0.1) is 0 Å². The van der Waals surface area contributed by atoms with E-state index in [1.165, 1.54) is 57.8 Å². The van der Waals surface area contributed by atoms with Crippen LogP contribution in [-0.4, -0.2) is 23.6 Å². The van der Waals surface area contributed by atoms with Crippen molar-refractivity contribution in [2.75, 3.05) is 6.26 Å². The maximum absolute atomic E-state index is 4.03. The van der Waals surface area contributed by atoms with E-state index in [1.807, 2.05) is 0 Å². The monoisotopic (exact) mass is 297 g/mol. The molecule has 2 fully saturated rings. The molecule has 2 aliphatic carbocycles. The molecule has 2 saturated carbocycles. The lowest BCUT2D eigenvalue weighted by Crippen LogP contribution is -2.47. The van der Waals surface area contributed by atoms with Crippen molar-refractivity contribution in [2.45, 2.75) is 95.9 Å². The van der Waals surface area contributed by atoms with E-state index in [9.17, 15) is 0 Å². The molecule has 0 radical (unpaired) electrons. The lowest BCUT2D eigenvalue weighted by Gasteiger charge is -2.41. The van der Waals surface area contributed by atoms with E-state index in [1.54, 1.807) is 0 Å². The number of nitrogens with one attached hydrogen (secondary N) is 1. The first kappa shape index (κ1) is 16.7. The molecule has 0 aromatic rings. The van der Waals surface area contributed by atoms with Gasteiger partial charge in [-0.3, -0.25) is 0 Å². The van der Waals surface area contributed by atoms with E-state index in [2.05, 4.69) is 44.1 Å². The van der Waals surface area contributed by atoms with Crippen molar-refractivity contribution in [3.8, 4) is 0 Å². The van der Waals surface area contributed by atoms with E-state index >= 15 is 0 Å². The molecule has 0 aromatic heterocycles. The predicted octanol–water partition coefficient (Wildman–Crippen LogP) is 5.25. The minimum Gasteiger partial charge on any atom is -0.310 e. The molecule has 1 N–H and O–H groups in total. The molecule has 2 rings (SSSR count). The fraction of sp³-hybridized carbons (Fsp3) is 1.00. The van der Waals surface area contributed by atoms with Gasteiger partial charge < -0.3 is 5.32 Å². The molecule has 2 atom stereocenters. The van der Waals surface area contributed by atoms with Crippen LogP contribution < -0.4 is 5.32 Å². The molecule has 2 heteroatoms. The quantitative estimate of drug-likeness (QED) is 0.744. The van der Waals surface area contributed by atoms with Crippen molar-refractivity contribution in [3.63, 3.8) is 0 Å². The summed E-state index contributed by atoms with van der Waals surface area (Å²) in [6, 6.07) is 1.59. The van der Waals surface area contributed by atoms with Crippen LogP contribution in [0.15, 0.2) is 0 Å². The van der Waals surface area contributed by atoms with Crippen molar-refractivity contribution < 1.29 is 0 Å². The summed E-state index contributed by atoms with van der Waals surface area (Å²) in [5, 5.41) is 4.90. The Bertz CT molecular complexity index is 281. The minimum atomic E-state index is 0.553. The predicted molar refractivity (Wildman–Crippen MR) is 92.5 cm³/mol. The summed E-state index contributed by atoms with van der Waals surface area (Å²) in [6.07, 6.45) is 15.0. The van der Waals surface area contributed by atoms with Crippen LogP contribution in [0.2, 0.25) is 0 Å². The molecule has 1 nitrogen and oxygen atoms in total. The SMILES string of the molecule is CCC(C)(C)C1CCC(NC2CCCCC2SC)CC1. The Kier molecular flexibility index (Phi) is 6.28. The van der Waals surface area contributed by atoms with Crippen LogP contribution in [0.1, 0.15) is 78.6 Å². The van der Waals surface area contributed by atoms with Crippen LogP contribution in [0.3, 0.4) is 0 Å². The van der Waals surface area contributed by atoms with E-state index in [4.69, 9.17) is 0 Å². The Balaban J connectivity index is 1.79. The standard InChI is InChI=1S/C18H35NS/c1-5-18(2,3)14-10-12-15(13-11-14)19-16-8-6-7-9-17(16)20-4/h14-17,19H,5-13H2,1-4H3. The summed E-state index contributed by atoms with van der Waals surface area (Å²) in [6.45, 7) is 7.29. The zero-order valence-corrected chi connectivity index (χ0v) is 14.9. The average molecular weight is 298 g/mol. The van der Waals surface area contributed by atoms with Gasteiger partial charge in [0.25, 0.3) is 0 Å². The molecule has 0 saturated heterocycles. The Hall–Kier alpha value is 0.310. The molecule has 0 amide bonds. The number of thioether (sulfide) groups is 1. The summed E-state index contributed by atoms with van der Waals surface area (Å²) < 4.78 is 0. The summed E-state index contributed by atoms with van der Waals surface area (Å²) in [5.41, 5.74) is 0.553. The highest BCUT2D eigenvalue weighted by Gasteiger charge is 2.33. The number of hydrogen-bond acceptors (Lipinski definition) is 2. The second-order valence-electron chi connectivity index (χ2n) is 7.72. The average Bonchev–Trinajstić information content (AvgIpc) is 2.48. The Morgan fingerprint density at radius 1 is 1.00 bits per heavy atom. The third-order valence-corrected chi connectivity index (χ3v) is 7.37. The maximum Gasteiger partial charge on any atom is 0.0198 e. The van der Waals surface area contributed by atoms with Gasteiger partial charge in [0, 0.05) is 17.3 Å². The molecule has 0 bridgehead atoms. The molecule has 2 aliphatic rings. The summed E-state index contributed by atoms with van der Waals surface area (Å²) in [4.78, 5) is 0. The molecular formula is C18H35NS. The summed E-state index contributed by atoms with van der Waals surface area (Å²) in [7, 11) is 0. The van der Waals surface area contributed by atoms with Crippen molar-refractivity contribution in [2.24, 2.45) is 11.3 Å². The highest BCUT2D eigenvalue weighted by molar-refractivity contribution is 7.99. The third kappa shape index (κ3) is 4.16. The summed E-state index contributed by atoms with van der Waals surface area (Å²) in [5.74, 6) is 0.952. The molecule has 0 heterocycles. The van der Waals surface area contributed by atoms with Gasteiger partial charge in [-0.15, -0.1) is 0 Å². The first-order valence-electron chi connectivity index (χ1n) is 8.85. The van der Waals surface area contributed by atoms with Crippen LogP contribution in [0.25, 0.3) is 0 Å². The Morgan fingerprint density at radius 3 is 2.25 bits per heavy atom. The number of hydrogen-bond donors (Lipinski definition) is 1. The van der Waals surface area contributed by atoms with E-state index < -0.39 is 0 Å². The van der Waals surface area contributed by atoms with Gasteiger partial charge in [0.15, 0.2) is 0 Å². The lowest BCUT2D eigenvalue weighted by molar-refractivity contribution is 0.132. The highest BCUT2D eigenvalue weighted by atomic mass is 32.2. The Morgan fingerprint density at radius 2 is 1.65 bits per heavy atom. The zero-order valence-electron chi connectivity index (χ0n) is 14.1. The molecule has 20 heavy (non-hydrogen) atoms. The van der Waals surface area contributed by atoms with E-state index in [-0.39, 0.29) is 0 Å². The topological polar surface area (TPSA) is 12.0 Å². The van der Waals surface area contributed by atoms with Crippen LogP contribution in [-0.2, 0) is 0 Å². The van der Waals surface area contributed by atoms with Crippen molar-refractivity contribution in [1.29, 1.82) is 0 Å². The van der Waals surface area contributed by atoms with Crippen LogP contribution in [0, 0.1) is 11.3 Å². The molecule has 0 aliphatic heterocycles. The largest absolute Gasteiger partial charge is 0.310 e. The fourth-order valence-electron chi connectivity index (χ4n) is 4.20. The van der Waals surface area contributed by atoms with Gasteiger partial charge in [-0.05, 0) is 56.1 Å². The molecule has 0 aromatic carbocycles. The van der Waals surface area contributed by atoms with Gasteiger partial charge in [0.1, 0.15) is 0 Å². The van der Waals surface area contributed by atoms with Crippen molar-refractivity contribution >= 4 is 11.8 Å². The third-order valence-electron chi connectivity index (χ3n) is 6.20. The second kappa shape index (κ2) is 7.54. The summed E-state index contributed by atoms with van der Waals surface area (Å²) >= 11 is 2.09. The van der Waals surface area contributed by atoms with Crippen LogP contribution >= 0.6 is 11.8 Å². The lowest BCUT2D eigenvalue weighted by atomic mass is 9.69. The molecular weight excluding hydrogens is 262 g/mol. The van der Waals surface area contributed by atoms with Crippen molar-refractivity contribution in [3.05, 3.63) is 0 Å². The first-order chi connectivity index (χ1) is 9.56. The normalized spacial score (nSPS) is 36.0. The van der Waals surface area contributed by atoms with Gasteiger partial charge in [-0.1, -0.05) is 40.0 Å². The zero-order chi connectivity index (χ0) is 14.6. The maximum atomic E-state index is 4.03. The fourth-order valence-corrected chi connectivity index (χ4v) is 5.15. The van der Waals surface area contributed by atoms with Crippen LogP contribution in [0.4, 0.5) is 0 Å². The van der Waals surface area contributed by atoms with Crippen molar-refractivity contribution in [1.82, 2.24) is 5.32 Å². The van der Waals surface area contributed by atoms with Gasteiger partial charge in [0.2, 0.25) is 0 Å². The van der Waals surface area contributed by atoms with Gasteiger partial charge in [-0.2, -0.15) is 11.8 Å². The molecule has 2 unspecified atom stereocenters. The molecule has 0 spiro atoms. The smallest absolute Gasteiger partial charge is 0.0198 e. The first-order valence-corrected chi connectivity index (χ1v) is 10.1. The van der Waals surface area contributed by atoms with Crippen LogP contribution in [0.5, 0.6) is 0 Å². The minimum absolute atomic E-state index is 0.553. The Labute approximate surface area is 131 Å². The van der Waals surface area contributed by atoms with Gasteiger partial charge in [-0.25, -0.2) is 0 Å². The highest BCUT2D eigenvalue weighted by Crippen LogP contribution is 2.40. The van der Waals surface area contributed by atoms with E-state index in [0.717, 1.165) is 23.3 Å². The van der Waals surface area contributed by atoms with Gasteiger partial charge >= 0.3 is 0 Å². The molecule has 118 valence electrons. The number of rotatable bonds is 5. The second-order valence-corrected chi connectivity index (χ2v) is 8.80. The van der Waals surface area contributed by atoms with E-state index in [0.29, 0.717) is 5.41 Å².